The molecule has 27 heavy (non-hydrogen) atoms. The average molecular weight is 366 g/mol. The summed E-state index contributed by atoms with van der Waals surface area (Å²) in [6.45, 7) is 4.61. The number of nitrogens with one attached hydrogen (secondary N) is 2. The number of aryl methyl sites for hydroxylation is 1. The molecule has 2 N–H and O–H groups in total. The number of benzene rings is 1. The Balaban J connectivity index is 1.45. The molecule has 0 saturated heterocycles. The summed E-state index contributed by atoms with van der Waals surface area (Å²) in [4.78, 5) is 24.7. The van der Waals surface area contributed by atoms with E-state index < -0.39 is 6.10 Å². The van der Waals surface area contributed by atoms with Crippen LogP contribution in [-0.4, -0.2) is 44.6 Å². The van der Waals surface area contributed by atoms with E-state index in [0.717, 1.165) is 11.6 Å². The van der Waals surface area contributed by atoms with Gasteiger partial charge >= 0.3 is 0 Å². The summed E-state index contributed by atoms with van der Waals surface area (Å²) in [6.07, 6.45) is 4.49. The van der Waals surface area contributed by atoms with E-state index in [1.165, 1.54) is 6.33 Å². The van der Waals surface area contributed by atoms with Crippen LogP contribution in [0.2, 0.25) is 0 Å². The highest BCUT2D eigenvalue weighted by Crippen LogP contribution is 2.11. The van der Waals surface area contributed by atoms with Gasteiger partial charge < -0.3 is 15.4 Å². The van der Waals surface area contributed by atoms with Crippen LogP contribution in [0.15, 0.2) is 55.1 Å². The second kappa shape index (κ2) is 8.79. The van der Waals surface area contributed by atoms with E-state index in [0.29, 0.717) is 24.7 Å². The van der Waals surface area contributed by atoms with Gasteiger partial charge in [-0.25, -0.2) is 15.0 Å². The van der Waals surface area contributed by atoms with E-state index in [2.05, 4.69) is 25.6 Å². The number of aromatic nitrogens is 4. The lowest BCUT2D eigenvalue weighted by Gasteiger charge is -2.15. The first-order valence-electron chi connectivity index (χ1n) is 8.69. The normalized spacial score (nSPS) is 11.6. The van der Waals surface area contributed by atoms with Gasteiger partial charge in [-0.1, -0.05) is 18.2 Å². The number of anilines is 1. The maximum atomic E-state index is 12.1. The van der Waals surface area contributed by atoms with Crippen molar-refractivity contribution in [3.8, 4) is 11.6 Å². The summed E-state index contributed by atoms with van der Waals surface area (Å²) in [5.74, 6) is 2.76. The van der Waals surface area contributed by atoms with E-state index in [1.54, 1.807) is 13.1 Å². The predicted octanol–water partition coefficient (Wildman–Crippen LogP) is 1.97. The van der Waals surface area contributed by atoms with Crippen molar-refractivity contribution in [3.05, 3.63) is 60.9 Å². The van der Waals surface area contributed by atoms with Crippen LogP contribution in [0.4, 0.5) is 5.82 Å². The number of carbonyl (C=O) groups is 1. The van der Waals surface area contributed by atoms with E-state index >= 15 is 0 Å². The van der Waals surface area contributed by atoms with Gasteiger partial charge in [-0.15, -0.1) is 0 Å². The van der Waals surface area contributed by atoms with Gasteiger partial charge in [-0.05, 0) is 26.0 Å². The van der Waals surface area contributed by atoms with Crippen molar-refractivity contribution in [2.45, 2.75) is 20.0 Å². The van der Waals surface area contributed by atoms with E-state index in [1.807, 2.05) is 54.1 Å². The van der Waals surface area contributed by atoms with Gasteiger partial charge in [0, 0.05) is 31.5 Å². The molecule has 1 unspecified atom stereocenters. The lowest BCUT2D eigenvalue weighted by molar-refractivity contribution is -0.127. The predicted molar refractivity (Wildman–Crippen MR) is 102 cm³/mol. The van der Waals surface area contributed by atoms with Gasteiger partial charge in [0.15, 0.2) is 6.10 Å². The van der Waals surface area contributed by atoms with Gasteiger partial charge in [0.25, 0.3) is 5.91 Å². The summed E-state index contributed by atoms with van der Waals surface area (Å²) in [5, 5.41) is 6.01. The van der Waals surface area contributed by atoms with E-state index in [4.69, 9.17) is 4.74 Å². The zero-order chi connectivity index (χ0) is 19.1. The lowest BCUT2D eigenvalue weighted by Crippen LogP contribution is -2.38. The van der Waals surface area contributed by atoms with E-state index in [-0.39, 0.29) is 5.91 Å². The number of rotatable bonds is 8. The molecule has 0 aliphatic heterocycles. The highest BCUT2D eigenvalue weighted by molar-refractivity contribution is 5.80. The monoisotopic (exact) mass is 366 g/mol. The van der Waals surface area contributed by atoms with Crippen LogP contribution in [0, 0.1) is 6.92 Å². The van der Waals surface area contributed by atoms with Crippen LogP contribution in [0.25, 0.3) is 5.82 Å². The molecule has 3 aromatic rings. The van der Waals surface area contributed by atoms with Crippen molar-refractivity contribution in [2.24, 2.45) is 0 Å². The van der Waals surface area contributed by atoms with Gasteiger partial charge in [-0.3, -0.25) is 9.36 Å². The minimum absolute atomic E-state index is 0.168. The topological polar surface area (TPSA) is 94.0 Å². The molecule has 1 amide bonds. The molecule has 0 fully saturated rings. The summed E-state index contributed by atoms with van der Waals surface area (Å²) in [6, 6.07) is 11.1. The van der Waals surface area contributed by atoms with Crippen LogP contribution in [0.3, 0.4) is 0 Å². The maximum absolute atomic E-state index is 12.1. The Morgan fingerprint density at radius 1 is 1.19 bits per heavy atom. The molecule has 2 heterocycles. The molecule has 3 rings (SSSR count). The summed E-state index contributed by atoms with van der Waals surface area (Å²) in [7, 11) is 0. The first-order valence-corrected chi connectivity index (χ1v) is 8.69. The number of hydrogen-bond acceptors (Lipinski definition) is 6. The number of carbonyl (C=O) groups excluding carboxylic acids is 1. The SMILES string of the molecule is Cc1nccn1-c1cc(NCCNC(=O)C(C)Oc2ccccc2)ncn1. The number of ether oxygens (including phenoxy) is 1. The number of amides is 1. The van der Waals surface area contributed by atoms with Crippen molar-refractivity contribution in [1.29, 1.82) is 0 Å². The number of para-hydroxylation sites is 1. The zero-order valence-electron chi connectivity index (χ0n) is 15.3. The third-order valence-corrected chi connectivity index (χ3v) is 3.88. The molecular weight excluding hydrogens is 344 g/mol. The Morgan fingerprint density at radius 2 is 2.00 bits per heavy atom. The average Bonchev–Trinajstić information content (AvgIpc) is 3.12. The van der Waals surface area contributed by atoms with Crippen LogP contribution in [0.1, 0.15) is 12.7 Å². The highest BCUT2D eigenvalue weighted by atomic mass is 16.5. The number of nitrogens with zero attached hydrogens (tertiary/aromatic N) is 4. The minimum Gasteiger partial charge on any atom is -0.481 e. The van der Waals surface area contributed by atoms with Crippen LogP contribution in [-0.2, 0) is 4.79 Å². The quantitative estimate of drug-likeness (QED) is 0.592. The van der Waals surface area contributed by atoms with E-state index in [9.17, 15) is 4.79 Å². The first kappa shape index (κ1) is 18.4. The molecule has 1 aromatic carbocycles. The van der Waals surface area contributed by atoms with Crippen LogP contribution in [0.5, 0.6) is 5.75 Å². The van der Waals surface area contributed by atoms with Gasteiger partial charge in [-0.2, -0.15) is 0 Å². The maximum Gasteiger partial charge on any atom is 0.260 e. The van der Waals surface area contributed by atoms with Crippen molar-refractivity contribution >= 4 is 11.7 Å². The Labute approximate surface area is 157 Å². The van der Waals surface area contributed by atoms with Crippen LogP contribution < -0.4 is 15.4 Å². The van der Waals surface area contributed by atoms with Gasteiger partial charge in [0.1, 0.15) is 29.5 Å². The number of hydrogen-bond donors (Lipinski definition) is 2. The molecule has 0 radical (unpaired) electrons. The van der Waals surface area contributed by atoms with Crippen molar-refractivity contribution in [3.63, 3.8) is 0 Å². The van der Waals surface area contributed by atoms with Crippen LogP contribution >= 0.6 is 0 Å². The van der Waals surface area contributed by atoms with Gasteiger partial charge in [0.2, 0.25) is 0 Å². The van der Waals surface area contributed by atoms with Gasteiger partial charge in [0.05, 0.1) is 0 Å². The first-order chi connectivity index (χ1) is 13.1. The smallest absolute Gasteiger partial charge is 0.260 e. The molecule has 8 heteroatoms. The molecule has 140 valence electrons. The second-order valence-electron chi connectivity index (χ2n) is 5.90. The molecule has 2 aromatic heterocycles. The molecule has 0 bridgehead atoms. The summed E-state index contributed by atoms with van der Waals surface area (Å²) < 4.78 is 7.47. The zero-order valence-corrected chi connectivity index (χ0v) is 15.3. The highest BCUT2D eigenvalue weighted by Gasteiger charge is 2.13. The standard InChI is InChI=1S/C19H22N6O2/c1-14(27-16-6-4-3-5-7-16)19(26)22-9-8-21-17-12-18(24-13-23-17)25-11-10-20-15(25)2/h3-7,10-14H,8-9H2,1-2H3,(H,22,26)(H,21,23,24). The second-order valence-corrected chi connectivity index (χ2v) is 5.90. The molecule has 0 spiro atoms. The fourth-order valence-corrected chi connectivity index (χ4v) is 2.47. The molecule has 8 nitrogen and oxygen atoms in total. The molecule has 1 atom stereocenters. The van der Waals surface area contributed by atoms with Crippen molar-refractivity contribution in [1.82, 2.24) is 24.8 Å². The molecular formula is C19H22N6O2. The summed E-state index contributed by atoms with van der Waals surface area (Å²) in [5.41, 5.74) is 0. The Morgan fingerprint density at radius 3 is 2.74 bits per heavy atom. The fourth-order valence-electron chi connectivity index (χ4n) is 2.47. The Kier molecular flexibility index (Phi) is 5.98. The van der Waals surface area contributed by atoms with Crippen molar-refractivity contribution in [2.75, 3.05) is 18.4 Å². The Bertz CT molecular complexity index is 881. The minimum atomic E-state index is -0.567. The molecule has 0 aliphatic carbocycles. The Hall–Kier alpha value is -3.42. The third-order valence-electron chi connectivity index (χ3n) is 3.88. The molecule has 0 saturated carbocycles. The lowest BCUT2D eigenvalue weighted by atomic mass is 10.3. The number of imidazole rings is 1. The third kappa shape index (κ3) is 5.04. The molecule has 0 aliphatic rings. The largest absolute Gasteiger partial charge is 0.481 e. The fraction of sp³-hybridized carbons (Fsp3) is 0.263. The van der Waals surface area contributed by atoms with Crippen molar-refractivity contribution < 1.29 is 9.53 Å². The summed E-state index contributed by atoms with van der Waals surface area (Å²) >= 11 is 0.